The number of nitrogens with one attached hydrogen (secondary N) is 1. The monoisotopic (exact) mass is 292 g/mol. The topological polar surface area (TPSA) is 78.5 Å². The fraction of sp³-hybridized carbons (Fsp3) is 0.643. The molecule has 1 saturated heterocycles. The van der Waals surface area contributed by atoms with E-state index in [2.05, 4.69) is 10.2 Å². The summed E-state index contributed by atoms with van der Waals surface area (Å²) in [6, 6.07) is 1.86. The Kier molecular flexibility index (Phi) is 3.81. The Labute approximate surface area is 123 Å². The molecule has 1 saturated carbocycles. The van der Waals surface area contributed by atoms with Crippen molar-refractivity contribution in [2.45, 2.75) is 25.7 Å². The lowest BCUT2D eigenvalue weighted by Crippen LogP contribution is -2.50. The number of hydrogen-bond donors (Lipinski definition) is 1. The van der Waals surface area contributed by atoms with E-state index < -0.39 is 0 Å². The zero-order chi connectivity index (χ0) is 14.8. The molecule has 114 valence electrons. The summed E-state index contributed by atoms with van der Waals surface area (Å²) in [7, 11) is 0. The van der Waals surface area contributed by atoms with Crippen molar-refractivity contribution >= 4 is 12.0 Å². The Bertz CT molecular complexity index is 530. The van der Waals surface area contributed by atoms with Crippen molar-refractivity contribution in [1.82, 2.24) is 20.0 Å². The number of carbonyl (C=O) groups excluding carboxylic acids is 2. The molecule has 2 fully saturated rings. The minimum atomic E-state index is -0.305. The SMILES string of the molecule is CCOC(=O)N1CCN(C(=O)c2cc(C3CC3)[nH]n2)CC1. The number of amides is 2. The summed E-state index contributed by atoms with van der Waals surface area (Å²) in [6.45, 7) is 4.20. The van der Waals surface area contributed by atoms with Crippen LogP contribution in [-0.4, -0.2) is 64.8 Å². The van der Waals surface area contributed by atoms with Crippen LogP contribution in [0.1, 0.15) is 41.9 Å². The van der Waals surface area contributed by atoms with E-state index in [1.54, 1.807) is 16.7 Å². The van der Waals surface area contributed by atoms with Gasteiger partial charge >= 0.3 is 6.09 Å². The Hall–Kier alpha value is -2.05. The van der Waals surface area contributed by atoms with Crippen molar-refractivity contribution in [2.24, 2.45) is 0 Å². The molecule has 2 amide bonds. The van der Waals surface area contributed by atoms with Gasteiger partial charge in [0, 0.05) is 37.8 Å². The van der Waals surface area contributed by atoms with E-state index >= 15 is 0 Å². The minimum absolute atomic E-state index is 0.0679. The van der Waals surface area contributed by atoms with Crippen LogP contribution < -0.4 is 0 Å². The molecule has 1 aromatic rings. The third kappa shape index (κ3) is 3.01. The molecule has 3 rings (SSSR count). The van der Waals surface area contributed by atoms with Gasteiger partial charge in [-0.15, -0.1) is 0 Å². The first-order valence-corrected chi connectivity index (χ1v) is 7.45. The minimum Gasteiger partial charge on any atom is -0.450 e. The lowest BCUT2D eigenvalue weighted by Gasteiger charge is -2.33. The number of nitrogens with zero attached hydrogens (tertiary/aromatic N) is 3. The van der Waals surface area contributed by atoms with Gasteiger partial charge in [-0.1, -0.05) is 0 Å². The van der Waals surface area contributed by atoms with Crippen molar-refractivity contribution in [2.75, 3.05) is 32.8 Å². The predicted octanol–water partition coefficient (Wildman–Crippen LogP) is 1.20. The van der Waals surface area contributed by atoms with Crippen LogP contribution in [0, 0.1) is 0 Å². The Morgan fingerprint density at radius 1 is 1.29 bits per heavy atom. The lowest BCUT2D eigenvalue weighted by molar-refractivity contribution is 0.0566. The van der Waals surface area contributed by atoms with Gasteiger partial charge in [0.1, 0.15) is 5.69 Å². The lowest BCUT2D eigenvalue weighted by atomic mass is 10.2. The number of aromatic amines is 1. The molecule has 1 aromatic heterocycles. The summed E-state index contributed by atoms with van der Waals surface area (Å²) in [5, 5.41) is 7.06. The van der Waals surface area contributed by atoms with Crippen LogP contribution in [0.15, 0.2) is 6.07 Å². The molecular weight excluding hydrogens is 272 g/mol. The van der Waals surface area contributed by atoms with Crippen molar-refractivity contribution in [1.29, 1.82) is 0 Å². The molecule has 0 bridgehead atoms. The summed E-state index contributed by atoms with van der Waals surface area (Å²) in [5.74, 6) is 0.487. The van der Waals surface area contributed by atoms with Gasteiger partial charge in [-0.25, -0.2) is 4.79 Å². The van der Waals surface area contributed by atoms with Crippen molar-refractivity contribution in [3.05, 3.63) is 17.5 Å². The van der Waals surface area contributed by atoms with E-state index in [0.717, 1.165) is 5.69 Å². The van der Waals surface area contributed by atoms with E-state index in [4.69, 9.17) is 4.74 Å². The van der Waals surface area contributed by atoms with E-state index in [9.17, 15) is 9.59 Å². The Balaban J connectivity index is 1.55. The van der Waals surface area contributed by atoms with Crippen molar-refractivity contribution in [3.63, 3.8) is 0 Å². The van der Waals surface area contributed by atoms with E-state index in [-0.39, 0.29) is 12.0 Å². The van der Waals surface area contributed by atoms with Gasteiger partial charge in [0.15, 0.2) is 0 Å². The maximum absolute atomic E-state index is 12.4. The summed E-state index contributed by atoms with van der Waals surface area (Å²) in [6.07, 6.45) is 2.04. The molecule has 2 aliphatic rings. The second-order valence-electron chi connectivity index (χ2n) is 5.46. The zero-order valence-corrected chi connectivity index (χ0v) is 12.2. The number of aromatic nitrogens is 2. The second kappa shape index (κ2) is 5.75. The largest absolute Gasteiger partial charge is 0.450 e. The summed E-state index contributed by atoms with van der Waals surface area (Å²) >= 11 is 0. The summed E-state index contributed by atoms with van der Waals surface area (Å²) < 4.78 is 4.96. The number of carbonyl (C=O) groups is 2. The average molecular weight is 292 g/mol. The maximum atomic E-state index is 12.4. The fourth-order valence-corrected chi connectivity index (χ4v) is 2.52. The van der Waals surface area contributed by atoms with Crippen LogP contribution in [-0.2, 0) is 4.74 Å². The quantitative estimate of drug-likeness (QED) is 0.908. The first kappa shape index (κ1) is 13.9. The van der Waals surface area contributed by atoms with Crippen LogP contribution in [0.25, 0.3) is 0 Å². The summed E-state index contributed by atoms with van der Waals surface area (Å²) in [4.78, 5) is 27.4. The fourth-order valence-electron chi connectivity index (χ4n) is 2.52. The number of ether oxygens (including phenoxy) is 1. The van der Waals surface area contributed by atoms with E-state index in [1.165, 1.54) is 12.8 Å². The maximum Gasteiger partial charge on any atom is 0.409 e. The van der Waals surface area contributed by atoms with E-state index in [0.29, 0.717) is 44.4 Å². The number of hydrogen-bond acceptors (Lipinski definition) is 4. The molecule has 1 aliphatic heterocycles. The molecule has 1 N–H and O–H groups in total. The predicted molar refractivity (Wildman–Crippen MR) is 75.1 cm³/mol. The van der Waals surface area contributed by atoms with Gasteiger partial charge in [-0.05, 0) is 25.8 Å². The van der Waals surface area contributed by atoms with Crippen molar-refractivity contribution in [3.8, 4) is 0 Å². The number of piperazine rings is 1. The molecule has 21 heavy (non-hydrogen) atoms. The van der Waals surface area contributed by atoms with Gasteiger partial charge in [-0.2, -0.15) is 5.10 Å². The highest BCUT2D eigenvalue weighted by molar-refractivity contribution is 5.92. The van der Waals surface area contributed by atoms with Gasteiger partial charge in [0.05, 0.1) is 6.61 Å². The molecule has 0 aromatic carbocycles. The molecule has 7 nitrogen and oxygen atoms in total. The second-order valence-corrected chi connectivity index (χ2v) is 5.46. The highest BCUT2D eigenvalue weighted by Crippen LogP contribution is 2.39. The highest BCUT2D eigenvalue weighted by Gasteiger charge is 2.29. The Morgan fingerprint density at radius 2 is 1.95 bits per heavy atom. The molecule has 7 heteroatoms. The van der Waals surface area contributed by atoms with Gasteiger partial charge in [0.25, 0.3) is 5.91 Å². The van der Waals surface area contributed by atoms with Gasteiger partial charge in [0.2, 0.25) is 0 Å². The van der Waals surface area contributed by atoms with Crippen LogP contribution >= 0.6 is 0 Å². The average Bonchev–Trinajstić information content (AvgIpc) is 3.24. The van der Waals surface area contributed by atoms with E-state index in [1.807, 2.05) is 6.07 Å². The third-order valence-electron chi connectivity index (χ3n) is 3.93. The summed E-state index contributed by atoms with van der Waals surface area (Å²) in [5.41, 5.74) is 1.53. The smallest absolute Gasteiger partial charge is 0.409 e. The molecule has 0 spiro atoms. The van der Waals surface area contributed by atoms with Crippen LogP contribution in [0.3, 0.4) is 0 Å². The first-order chi connectivity index (χ1) is 10.2. The van der Waals surface area contributed by atoms with Gasteiger partial charge in [-0.3, -0.25) is 9.89 Å². The number of H-pyrrole nitrogens is 1. The Morgan fingerprint density at radius 3 is 2.57 bits per heavy atom. The van der Waals surface area contributed by atoms with Crippen molar-refractivity contribution < 1.29 is 14.3 Å². The molecule has 1 aliphatic carbocycles. The molecule has 0 atom stereocenters. The first-order valence-electron chi connectivity index (χ1n) is 7.45. The number of rotatable bonds is 3. The normalized spacial score (nSPS) is 18.7. The molecule has 0 radical (unpaired) electrons. The van der Waals surface area contributed by atoms with Crippen LogP contribution in [0.4, 0.5) is 4.79 Å². The molecular formula is C14H20N4O3. The van der Waals surface area contributed by atoms with Gasteiger partial charge < -0.3 is 14.5 Å². The van der Waals surface area contributed by atoms with Crippen LogP contribution in [0.5, 0.6) is 0 Å². The molecule has 2 heterocycles. The van der Waals surface area contributed by atoms with Crippen LogP contribution in [0.2, 0.25) is 0 Å². The highest BCUT2D eigenvalue weighted by atomic mass is 16.6. The zero-order valence-electron chi connectivity index (χ0n) is 12.2. The standard InChI is InChI=1S/C14H20N4O3/c1-2-21-14(20)18-7-5-17(6-8-18)13(19)12-9-11(15-16-12)10-3-4-10/h9-10H,2-8H2,1H3,(H,15,16). The third-order valence-corrected chi connectivity index (χ3v) is 3.93. The molecule has 0 unspecified atom stereocenters.